The van der Waals surface area contributed by atoms with E-state index in [0.717, 1.165) is 0 Å². The minimum Gasteiger partial charge on any atom is -0.479 e. The molecule has 0 aliphatic heterocycles. The fraction of sp³-hybridized carbons (Fsp3) is 0.833. The number of hydrogen-bond donors (Lipinski definition) is 1. The standard InChI is InChI=1S/C6H9F3O4/c1-4(5(10)11)13-3-12-2-6(7,8)9/h4H,2-3H2,1H3,(H,10,11)/t4-/m1/s1. The van der Waals surface area contributed by atoms with Crippen molar-refractivity contribution in [2.45, 2.75) is 19.2 Å². The van der Waals surface area contributed by atoms with Crippen molar-refractivity contribution in [1.82, 2.24) is 0 Å². The minimum atomic E-state index is -4.42. The lowest BCUT2D eigenvalue weighted by atomic mass is 10.4. The van der Waals surface area contributed by atoms with Crippen molar-refractivity contribution in [1.29, 1.82) is 0 Å². The second-order valence-electron chi connectivity index (χ2n) is 2.23. The lowest BCUT2D eigenvalue weighted by molar-refractivity contribution is -0.204. The Hall–Kier alpha value is -0.820. The summed E-state index contributed by atoms with van der Waals surface area (Å²) in [5.41, 5.74) is 0. The van der Waals surface area contributed by atoms with Gasteiger partial charge in [-0.3, -0.25) is 0 Å². The van der Waals surface area contributed by atoms with E-state index in [1.807, 2.05) is 0 Å². The van der Waals surface area contributed by atoms with E-state index in [4.69, 9.17) is 5.11 Å². The molecule has 0 amide bonds. The number of ether oxygens (including phenoxy) is 2. The summed E-state index contributed by atoms with van der Waals surface area (Å²) in [6, 6.07) is 0. The quantitative estimate of drug-likeness (QED) is 0.534. The van der Waals surface area contributed by atoms with E-state index in [2.05, 4.69) is 9.47 Å². The van der Waals surface area contributed by atoms with Crippen LogP contribution in [0.15, 0.2) is 0 Å². The topological polar surface area (TPSA) is 55.8 Å². The molecule has 13 heavy (non-hydrogen) atoms. The summed E-state index contributed by atoms with van der Waals surface area (Å²) in [4.78, 5) is 10.1. The van der Waals surface area contributed by atoms with E-state index in [1.54, 1.807) is 0 Å². The molecule has 0 aromatic carbocycles. The second kappa shape index (κ2) is 5.03. The Balaban J connectivity index is 3.41. The van der Waals surface area contributed by atoms with Crippen LogP contribution >= 0.6 is 0 Å². The SMILES string of the molecule is C[C@@H](OCOCC(F)(F)F)C(=O)O. The molecule has 0 aromatic rings. The Kier molecular flexibility index (Phi) is 4.71. The molecule has 0 rings (SSSR count). The number of rotatable bonds is 5. The molecule has 0 aliphatic carbocycles. The van der Waals surface area contributed by atoms with Gasteiger partial charge in [0, 0.05) is 0 Å². The van der Waals surface area contributed by atoms with Crippen LogP contribution in [-0.4, -0.2) is 36.8 Å². The monoisotopic (exact) mass is 202 g/mol. The van der Waals surface area contributed by atoms with Crippen LogP contribution in [0.4, 0.5) is 13.2 Å². The van der Waals surface area contributed by atoms with Gasteiger partial charge in [0.2, 0.25) is 0 Å². The summed E-state index contributed by atoms with van der Waals surface area (Å²) in [6.45, 7) is -0.939. The maximum absolute atomic E-state index is 11.4. The highest BCUT2D eigenvalue weighted by molar-refractivity contribution is 5.71. The van der Waals surface area contributed by atoms with Crippen LogP contribution in [0.5, 0.6) is 0 Å². The number of hydrogen-bond acceptors (Lipinski definition) is 3. The first kappa shape index (κ1) is 12.2. The molecule has 0 aliphatic rings. The summed E-state index contributed by atoms with van der Waals surface area (Å²) >= 11 is 0. The van der Waals surface area contributed by atoms with Gasteiger partial charge < -0.3 is 14.6 Å². The van der Waals surface area contributed by atoms with Gasteiger partial charge >= 0.3 is 12.1 Å². The van der Waals surface area contributed by atoms with E-state index in [1.165, 1.54) is 6.92 Å². The highest BCUT2D eigenvalue weighted by Crippen LogP contribution is 2.14. The van der Waals surface area contributed by atoms with Crippen LogP contribution in [-0.2, 0) is 14.3 Å². The Morgan fingerprint density at radius 1 is 1.54 bits per heavy atom. The fourth-order valence-electron chi connectivity index (χ4n) is 0.379. The number of halogens is 3. The third kappa shape index (κ3) is 7.54. The van der Waals surface area contributed by atoms with Gasteiger partial charge in [-0.1, -0.05) is 0 Å². The number of alkyl halides is 3. The zero-order valence-electron chi connectivity index (χ0n) is 6.80. The number of aliphatic carboxylic acids is 1. The lowest BCUT2D eigenvalue weighted by Crippen LogP contribution is -2.24. The van der Waals surface area contributed by atoms with Crippen molar-refractivity contribution in [3.8, 4) is 0 Å². The van der Waals surface area contributed by atoms with E-state index < -0.39 is 31.6 Å². The summed E-state index contributed by atoms with van der Waals surface area (Å²) in [7, 11) is 0. The van der Waals surface area contributed by atoms with E-state index in [9.17, 15) is 18.0 Å². The average Bonchev–Trinajstić information content (AvgIpc) is 1.95. The van der Waals surface area contributed by atoms with Gasteiger partial charge in [0.15, 0.2) is 6.10 Å². The Morgan fingerprint density at radius 3 is 2.46 bits per heavy atom. The van der Waals surface area contributed by atoms with E-state index in [0.29, 0.717) is 0 Å². The first-order valence-electron chi connectivity index (χ1n) is 3.32. The predicted molar refractivity (Wildman–Crippen MR) is 35.1 cm³/mol. The number of carboxylic acid groups (broad SMARTS) is 1. The van der Waals surface area contributed by atoms with Crippen LogP contribution in [0.3, 0.4) is 0 Å². The molecule has 0 spiro atoms. The molecule has 0 unspecified atom stereocenters. The van der Waals surface area contributed by atoms with Gasteiger partial charge in [-0.15, -0.1) is 0 Å². The van der Waals surface area contributed by atoms with Crippen molar-refractivity contribution >= 4 is 5.97 Å². The molecule has 4 nitrogen and oxygen atoms in total. The Labute approximate surface area is 72.2 Å². The summed E-state index contributed by atoms with van der Waals surface area (Å²) in [5.74, 6) is -1.25. The summed E-state index contributed by atoms with van der Waals surface area (Å²) in [5, 5.41) is 8.24. The van der Waals surface area contributed by atoms with Gasteiger partial charge in [-0.05, 0) is 6.92 Å². The summed E-state index contributed by atoms with van der Waals surface area (Å²) in [6.07, 6.45) is -5.59. The van der Waals surface area contributed by atoms with Gasteiger partial charge in [-0.25, -0.2) is 4.79 Å². The molecule has 7 heteroatoms. The smallest absolute Gasteiger partial charge is 0.411 e. The van der Waals surface area contributed by atoms with Crippen molar-refractivity contribution in [2.24, 2.45) is 0 Å². The zero-order valence-corrected chi connectivity index (χ0v) is 6.80. The normalized spacial score (nSPS) is 14.2. The number of carbonyl (C=O) groups is 1. The van der Waals surface area contributed by atoms with Crippen molar-refractivity contribution in [2.75, 3.05) is 13.4 Å². The third-order valence-corrected chi connectivity index (χ3v) is 1.01. The molecule has 0 heterocycles. The summed E-state index contributed by atoms with van der Waals surface area (Å²) < 4.78 is 42.7. The largest absolute Gasteiger partial charge is 0.479 e. The molecule has 78 valence electrons. The van der Waals surface area contributed by atoms with Crippen LogP contribution < -0.4 is 0 Å². The Morgan fingerprint density at radius 2 is 2.08 bits per heavy atom. The van der Waals surface area contributed by atoms with Gasteiger partial charge in [0.25, 0.3) is 0 Å². The van der Waals surface area contributed by atoms with Gasteiger partial charge in [0.05, 0.1) is 0 Å². The van der Waals surface area contributed by atoms with Crippen molar-refractivity contribution in [3.05, 3.63) is 0 Å². The molecule has 0 radical (unpaired) electrons. The predicted octanol–water partition coefficient (Wildman–Crippen LogP) is 1.01. The highest BCUT2D eigenvalue weighted by Gasteiger charge is 2.27. The molecule has 0 fully saturated rings. The maximum atomic E-state index is 11.4. The van der Waals surface area contributed by atoms with Crippen LogP contribution in [0.1, 0.15) is 6.92 Å². The first-order valence-corrected chi connectivity index (χ1v) is 3.32. The van der Waals surface area contributed by atoms with Crippen LogP contribution in [0.25, 0.3) is 0 Å². The molecular formula is C6H9F3O4. The highest BCUT2D eigenvalue weighted by atomic mass is 19.4. The Bertz CT molecular complexity index is 168. The van der Waals surface area contributed by atoms with Crippen molar-refractivity contribution in [3.63, 3.8) is 0 Å². The first-order chi connectivity index (χ1) is 5.83. The zero-order chi connectivity index (χ0) is 10.5. The molecule has 0 saturated heterocycles. The van der Waals surface area contributed by atoms with Crippen LogP contribution in [0, 0.1) is 0 Å². The second-order valence-corrected chi connectivity index (χ2v) is 2.23. The third-order valence-electron chi connectivity index (χ3n) is 1.01. The molecule has 1 N–H and O–H groups in total. The fourth-order valence-corrected chi connectivity index (χ4v) is 0.379. The van der Waals surface area contributed by atoms with Gasteiger partial charge in [-0.2, -0.15) is 13.2 Å². The van der Waals surface area contributed by atoms with Crippen LogP contribution in [0.2, 0.25) is 0 Å². The molecule has 0 aromatic heterocycles. The van der Waals surface area contributed by atoms with Crippen molar-refractivity contribution < 1.29 is 32.5 Å². The average molecular weight is 202 g/mol. The van der Waals surface area contributed by atoms with E-state index in [-0.39, 0.29) is 0 Å². The minimum absolute atomic E-state index is 0.688. The molecule has 1 atom stereocenters. The lowest BCUT2D eigenvalue weighted by Gasteiger charge is -2.10. The van der Waals surface area contributed by atoms with Gasteiger partial charge in [0.1, 0.15) is 13.4 Å². The van der Waals surface area contributed by atoms with E-state index >= 15 is 0 Å². The number of carboxylic acids is 1. The molecule has 0 bridgehead atoms. The maximum Gasteiger partial charge on any atom is 0.411 e. The molecular weight excluding hydrogens is 193 g/mol. The molecule has 0 saturated carbocycles.